The average Bonchev–Trinajstić information content (AvgIpc) is 3.87. The fourth-order valence-electron chi connectivity index (χ4n) is 3.85. The fourth-order valence-corrected chi connectivity index (χ4v) is 5.09. The van der Waals surface area contributed by atoms with Crippen molar-refractivity contribution in [2.75, 3.05) is 0 Å². The number of nitrogens with zero attached hydrogens (tertiary/aromatic N) is 4. The van der Waals surface area contributed by atoms with Crippen molar-refractivity contribution >= 4 is 42.2 Å². The highest BCUT2D eigenvalue weighted by Gasteiger charge is 2.54. The van der Waals surface area contributed by atoms with Crippen molar-refractivity contribution < 1.29 is 22.2 Å². The zero-order valence-electron chi connectivity index (χ0n) is 20.3. The summed E-state index contributed by atoms with van der Waals surface area (Å²) in [5.74, 6) is 1.23. The van der Waals surface area contributed by atoms with E-state index in [0.29, 0.717) is 45.8 Å². The number of rotatable bonds is 8. The Morgan fingerprint density at radius 1 is 1.05 bits per heavy atom. The summed E-state index contributed by atoms with van der Waals surface area (Å²) in [6.45, 7) is 3.30. The molecule has 0 N–H and O–H groups in total. The molecule has 2 radical (unpaired) electrons. The molecule has 188 valence electrons. The van der Waals surface area contributed by atoms with E-state index >= 15 is 0 Å². The molecule has 0 saturated carbocycles. The summed E-state index contributed by atoms with van der Waals surface area (Å²) < 4.78 is 41.4. The van der Waals surface area contributed by atoms with Crippen molar-refractivity contribution in [2.24, 2.45) is 4.99 Å². The van der Waals surface area contributed by atoms with Crippen molar-refractivity contribution in [3.05, 3.63) is 72.1 Å². The van der Waals surface area contributed by atoms with Gasteiger partial charge >= 0.3 is 15.0 Å². The van der Waals surface area contributed by atoms with E-state index in [9.17, 15) is 8.42 Å². The Morgan fingerprint density at radius 2 is 1.71 bits per heavy atom. The van der Waals surface area contributed by atoms with Crippen LogP contribution < -0.4 is 0 Å². The average molecular weight is 545 g/mol. The van der Waals surface area contributed by atoms with Crippen LogP contribution in [0, 0.1) is 0 Å². The quantitative estimate of drug-likeness (QED) is 0.184. The van der Waals surface area contributed by atoms with E-state index in [0.717, 1.165) is 11.1 Å². The summed E-state index contributed by atoms with van der Waals surface area (Å²) in [5, 5.41) is 3.71. The molecule has 13 heteroatoms. The molecular weight excluding hydrogens is 525 g/mol. The van der Waals surface area contributed by atoms with Gasteiger partial charge in [0.05, 0.1) is 22.0 Å². The van der Waals surface area contributed by atoms with Crippen molar-refractivity contribution in [3.8, 4) is 34.0 Å². The first-order valence-electron chi connectivity index (χ1n) is 11.8. The van der Waals surface area contributed by atoms with Gasteiger partial charge in [-0.1, -0.05) is 41.6 Å². The number of hydrogen-bond donors (Lipinski definition) is 0. The van der Waals surface area contributed by atoms with E-state index in [1.807, 2.05) is 24.3 Å². The summed E-state index contributed by atoms with van der Waals surface area (Å²) in [6.07, 6.45) is 1.59. The maximum Gasteiger partial charge on any atom is 0.474 e. The Kier molecular flexibility index (Phi) is 6.13. The van der Waals surface area contributed by atoms with E-state index < -0.39 is 20.7 Å². The molecule has 2 fully saturated rings. The van der Waals surface area contributed by atoms with Crippen LogP contribution in [0.15, 0.2) is 75.2 Å². The van der Waals surface area contributed by atoms with Crippen molar-refractivity contribution in [1.29, 1.82) is 0 Å². The summed E-state index contributed by atoms with van der Waals surface area (Å²) in [5.41, 5.74) is 3.31. The number of hydrogen-bond acceptors (Lipinski definition) is 9. The van der Waals surface area contributed by atoms with Crippen LogP contribution in [-0.2, 0) is 30.7 Å². The van der Waals surface area contributed by atoms with Crippen LogP contribution in [-0.4, -0.2) is 49.6 Å². The predicted octanol–water partition coefficient (Wildman–Crippen LogP) is 4.15. The van der Waals surface area contributed by atoms with Crippen LogP contribution in [0.2, 0.25) is 0 Å². The van der Waals surface area contributed by atoms with Gasteiger partial charge in [-0.15, -0.1) is 11.6 Å². The third-order valence-corrected chi connectivity index (χ3v) is 8.68. The van der Waals surface area contributed by atoms with Gasteiger partial charge in [0.25, 0.3) is 0 Å². The number of sulfone groups is 1. The van der Waals surface area contributed by atoms with E-state index in [1.54, 1.807) is 50.4 Å². The molecule has 2 aliphatic rings. The van der Waals surface area contributed by atoms with E-state index in [4.69, 9.17) is 30.4 Å². The minimum absolute atomic E-state index is 0.248. The molecule has 0 amide bonds. The molecule has 4 aromatic rings. The van der Waals surface area contributed by atoms with Crippen LogP contribution in [0.3, 0.4) is 0 Å². The van der Waals surface area contributed by atoms with Crippen molar-refractivity contribution in [3.63, 3.8) is 0 Å². The van der Waals surface area contributed by atoms with Gasteiger partial charge in [0.15, 0.2) is 27.0 Å². The molecule has 0 aliphatic carbocycles. The number of halogens is 1. The molecule has 1 atom stereocenters. The molecule has 38 heavy (non-hydrogen) atoms. The smallest absolute Gasteiger partial charge is 0.474 e. The van der Waals surface area contributed by atoms with E-state index in [2.05, 4.69) is 15.1 Å². The maximum absolute atomic E-state index is 12.5. The largest absolute Gasteiger partial charge is 0.549 e. The van der Waals surface area contributed by atoms with E-state index in [-0.39, 0.29) is 4.90 Å². The second-order valence-corrected chi connectivity index (χ2v) is 11.9. The normalized spacial score (nSPS) is 19.1. The summed E-state index contributed by atoms with van der Waals surface area (Å²) in [6, 6.07) is 16.0. The molecule has 0 bridgehead atoms. The molecular formula is C25H19B2ClN4O5S. The molecule has 0 spiro atoms. The Bertz CT molecular complexity index is 1650. The highest BCUT2D eigenvalue weighted by Crippen LogP contribution is 2.43. The monoisotopic (exact) mass is 544 g/mol. The van der Waals surface area contributed by atoms with Gasteiger partial charge in [-0.2, -0.15) is 0 Å². The minimum Gasteiger partial charge on any atom is -0.549 e. The van der Waals surface area contributed by atoms with Crippen molar-refractivity contribution in [2.45, 2.75) is 35.5 Å². The van der Waals surface area contributed by atoms with Crippen LogP contribution in [0.5, 0.6) is 0 Å². The Hall–Kier alpha value is -3.47. The van der Waals surface area contributed by atoms with Crippen LogP contribution >= 0.6 is 11.6 Å². The number of aromatic nitrogens is 3. The molecule has 4 heterocycles. The van der Waals surface area contributed by atoms with Gasteiger partial charge in [-0.05, 0) is 31.5 Å². The lowest BCUT2D eigenvalue weighted by molar-refractivity contribution is 0.326. The molecule has 6 rings (SSSR count). The topological polar surface area (TPSA) is 123 Å². The van der Waals surface area contributed by atoms with Gasteiger partial charge in [0, 0.05) is 23.1 Å². The maximum atomic E-state index is 12.5. The van der Waals surface area contributed by atoms with Gasteiger partial charge in [0.2, 0.25) is 0 Å². The van der Waals surface area contributed by atoms with Gasteiger partial charge < -0.3 is 13.8 Å². The van der Waals surface area contributed by atoms with Gasteiger partial charge in [-0.25, -0.2) is 18.4 Å². The lowest BCUT2D eigenvalue weighted by Gasteiger charge is -2.12. The van der Waals surface area contributed by atoms with Crippen LogP contribution in [0.1, 0.15) is 25.1 Å². The molecule has 2 aromatic carbocycles. The first-order chi connectivity index (χ1) is 18.3. The first-order valence-corrected chi connectivity index (χ1v) is 13.8. The first kappa shape index (κ1) is 24.8. The fraction of sp³-hybridized carbons (Fsp3) is 0.200. The van der Waals surface area contributed by atoms with Crippen LogP contribution in [0.4, 0.5) is 0 Å². The second kappa shape index (κ2) is 9.37. The van der Waals surface area contributed by atoms with Crippen molar-refractivity contribution in [1.82, 2.24) is 15.1 Å². The highest BCUT2D eigenvalue weighted by atomic mass is 35.5. The summed E-state index contributed by atoms with van der Waals surface area (Å²) >= 11 is 5.91. The Balaban J connectivity index is 1.41. The predicted molar refractivity (Wildman–Crippen MR) is 143 cm³/mol. The third kappa shape index (κ3) is 4.63. The third-order valence-electron chi connectivity index (χ3n) is 6.20. The molecule has 2 aromatic heterocycles. The Morgan fingerprint density at radius 3 is 2.32 bits per heavy atom. The molecule has 2 saturated heterocycles. The second-order valence-electron chi connectivity index (χ2n) is 9.10. The SMILES string of the molecule is CC(C)S(=O)(=O)c1ccc(-c2cnc(C3(N=C4[B]O4)[B]O3)c(-c3cc(-c4ccc(CCl)cc4)no3)n2)cc1. The number of alkyl halides is 1. The van der Waals surface area contributed by atoms with Crippen LogP contribution in [0.25, 0.3) is 34.0 Å². The standard InChI is InChI=1S/C25H19B2ClN4O5S/c1-14(2)38(33,34)18-9-7-17(8-10-18)20-13-29-23(25(27-37-25)31-24-26-35-24)22(30-20)21-11-19(32-36-21)16-5-3-15(12-28)4-6-16/h3-11,13-14H,12H2,1-2H3. The summed E-state index contributed by atoms with van der Waals surface area (Å²) in [4.78, 5) is 14.2. The minimum atomic E-state index is -3.40. The number of benzene rings is 2. The zero-order chi connectivity index (χ0) is 26.5. The number of aliphatic imine (C=N–C) groups is 1. The van der Waals surface area contributed by atoms with Gasteiger partial charge in [0.1, 0.15) is 17.1 Å². The van der Waals surface area contributed by atoms with Gasteiger partial charge in [-0.3, -0.25) is 4.98 Å². The lowest BCUT2D eigenvalue weighted by atomic mass is 9.91. The molecule has 9 nitrogen and oxygen atoms in total. The summed E-state index contributed by atoms with van der Waals surface area (Å²) in [7, 11) is -0.355. The molecule has 1 unspecified atom stereocenters. The Labute approximate surface area is 225 Å². The lowest BCUT2D eigenvalue weighted by Crippen LogP contribution is -2.14. The zero-order valence-corrected chi connectivity index (χ0v) is 21.9. The molecule has 2 aliphatic heterocycles. The highest BCUT2D eigenvalue weighted by molar-refractivity contribution is 7.92. The van der Waals surface area contributed by atoms with E-state index in [1.165, 1.54) is 15.0 Å².